The molecule has 0 unspecified atom stereocenters. The molecule has 0 saturated carbocycles. The summed E-state index contributed by atoms with van der Waals surface area (Å²) in [6.45, 7) is 6.31. The summed E-state index contributed by atoms with van der Waals surface area (Å²) in [6.07, 6.45) is 1.80. The number of nitrogens with zero attached hydrogens (tertiary/aromatic N) is 4. The third-order valence-electron chi connectivity index (χ3n) is 7.40. The largest absolute Gasteiger partial charge is 0.368 e. The van der Waals surface area contributed by atoms with Crippen LogP contribution in [0.1, 0.15) is 48.7 Å². The van der Waals surface area contributed by atoms with Crippen molar-refractivity contribution in [2.75, 3.05) is 6.54 Å². The van der Waals surface area contributed by atoms with Crippen molar-refractivity contribution in [1.29, 1.82) is 0 Å². The molecule has 3 aromatic carbocycles. The third kappa shape index (κ3) is 8.85. The Morgan fingerprint density at radius 1 is 0.894 bits per heavy atom. The number of carbonyl (C=O) groups is 2. The van der Waals surface area contributed by atoms with Gasteiger partial charge in [0.15, 0.2) is 12.1 Å². The Labute approximate surface area is 277 Å². The first-order valence-electron chi connectivity index (χ1n) is 15.0. The lowest BCUT2D eigenvalue weighted by atomic mass is 9.86. The van der Waals surface area contributed by atoms with Crippen LogP contribution in [0, 0.1) is 0 Å². The lowest BCUT2D eigenvalue weighted by molar-refractivity contribution is -0.123. The molecule has 5 aromatic rings. The van der Waals surface area contributed by atoms with Gasteiger partial charge in [-0.15, -0.1) is 0 Å². The van der Waals surface area contributed by atoms with E-state index in [0.29, 0.717) is 27.8 Å². The van der Waals surface area contributed by atoms with E-state index in [0.717, 1.165) is 22.3 Å². The fraction of sp³-hybridized carbons (Fsp3) is 0.257. The van der Waals surface area contributed by atoms with Gasteiger partial charge in [0.05, 0.1) is 5.56 Å². The van der Waals surface area contributed by atoms with Gasteiger partial charge in [0.25, 0.3) is 11.8 Å². The predicted octanol–water partition coefficient (Wildman–Crippen LogP) is 4.97. The number of rotatable bonds is 11. The molecule has 0 spiro atoms. The zero-order valence-corrected chi connectivity index (χ0v) is 26.9. The van der Waals surface area contributed by atoms with Crippen LogP contribution >= 0.6 is 11.6 Å². The summed E-state index contributed by atoms with van der Waals surface area (Å²) in [7, 11) is 0. The lowest BCUT2D eigenvalue weighted by Crippen LogP contribution is -2.48. The first-order chi connectivity index (χ1) is 22.5. The van der Waals surface area contributed by atoms with Crippen LogP contribution in [-0.4, -0.2) is 61.0 Å². The minimum atomic E-state index is -1.55. The molecular formula is C35H35ClN6O5. The highest BCUT2D eigenvalue weighted by Gasteiger charge is 2.23. The molecule has 0 radical (unpaired) electrons. The SMILES string of the molecule is CC(C)(C)c1ccc(C(=O)N[C@@H](Cc2ccc(-c3ncc(-c4nc(-c5cccc(Cl)c5)no4)cn3)cc2)C(=O)NCCC(O)O)cc1. The van der Waals surface area contributed by atoms with Crippen LogP contribution in [0.4, 0.5) is 0 Å². The first kappa shape index (κ1) is 33.4. The summed E-state index contributed by atoms with van der Waals surface area (Å²) >= 11 is 6.07. The van der Waals surface area contributed by atoms with E-state index in [1.165, 1.54) is 0 Å². The summed E-state index contributed by atoms with van der Waals surface area (Å²) in [4.78, 5) is 39.6. The average Bonchev–Trinajstić information content (AvgIpc) is 3.55. The molecule has 11 nitrogen and oxygen atoms in total. The average molecular weight is 655 g/mol. The highest BCUT2D eigenvalue weighted by Crippen LogP contribution is 2.25. The first-order valence-corrected chi connectivity index (χ1v) is 15.4. The smallest absolute Gasteiger partial charge is 0.261 e. The molecule has 0 aliphatic carbocycles. The van der Waals surface area contributed by atoms with Gasteiger partial charge in [-0.2, -0.15) is 4.98 Å². The Kier molecular flexibility index (Phi) is 10.4. The second-order valence-electron chi connectivity index (χ2n) is 12.0. The quantitative estimate of drug-likeness (QED) is 0.144. The molecule has 0 saturated heterocycles. The van der Waals surface area contributed by atoms with Gasteiger partial charge in [-0.1, -0.05) is 86.1 Å². The number of hydrogen-bond donors (Lipinski definition) is 4. The zero-order chi connectivity index (χ0) is 33.6. The maximum Gasteiger partial charge on any atom is 0.261 e. The molecule has 0 fully saturated rings. The van der Waals surface area contributed by atoms with Crippen molar-refractivity contribution in [2.24, 2.45) is 0 Å². The Bertz CT molecular complexity index is 1820. The Morgan fingerprint density at radius 2 is 1.60 bits per heavy atom. The number of carbonyl (C=O) groups excluding carboxylic acids is 2. The summed E-state index contributed by atoms with van der Waals surface area (Å²) in [5, 5.41) is 28.4. The molecule has 47 heavy (non-hydrogen) atoms. The van der Waals surface area contributed by atoms with Crippen LogP contribution < -0.4 is 10.6 Å². The van der Waals surface area contributed by atoms with E-state index in [4.69, 9.17) is 26.3 Å². The third-order valence-corrected chi connectivity index (χ3v) is 7.63. The van der Waals surface area contributed by atoms with Crippen molar-refractivity contribution in [2.45, 2.75) is 51.4 Å². The summed E-state index contributed by atoms with van der Waals surface area (Å²) in [5.41, 5.74) is 4.26. The minimum absolute atomic E-state index is 0.0380. The van der Waals surface area contributed by atoms with Gasteiger partial charge < -0.3 is 25.4 Å². The van der Waals surface area contributed by atoms with Crippen LogP contribution in [0.25, 0.3) is 34.2 Å². The van der Waals surface area contributed by atoms with Crippen LogP contribution in [0.2, 0.25) is 5.02 Å². The van der Waals surface area contributed by atoms with Gasteiger partial charge in [-0.3, -0.25) is 9.59 Å². The molecule has 0 aliphatic heterocycles. The molecular weight excluding hydrogens is 620 g/mol. The standard InChI is InChI=1S/C35H35ClN6O5/c1-35(2,3)26-13-11-23(12-14-26)32(45)40-28(33(46)37-16-15-29(43)44)17-21-7-9-22(10-8-21)30-38-19-25(20-39-30)34-41-31(42-47-34)24-5-4-6-27(36)18-24/h4-14,18-20,28-29,43-44H,15-17H2,1-3H3,(H,37,46)(H,40,45)/t28-/m0/s1. The predicted molar refractivity (Wildman–Crippen MR) is 177 cm³/mol. The number of amides is 2. The summed E-state index contributed by atoms with van der Waals surface area (Å²) < 4.78 is 5.40. The fourth-order valence-electron chi connectivity index (χ4n) is 4.72. The number of aliphatic hydroxyl groups excluding tert-OH is 1. The van der Waals surface area contributed by atoms with Gasteiger partial charge in [0.1, 0.15) is 6.04 Å². The number of benzene rings is 3. The van der Waals surface area contributed by atoms with Crippen molar-refractivity contribution in [1.82, 2.24) is 30.7 Å². The highest BCUT2D eigenvalue weighted by molar-refractivity contribution is 6.30. The van der Waals surface area contributed by atoms with Gasteiger partial charge in [-0.25, -0.2) is 9.97 Å². The second kappa shape index (κ2) is 14.6. The highest BCUT2D eigenvalue weighted by atomic mass is 35.5. The van der Waals surface area contributed by atoms with Gasteiger partial charge in [0, 0.05) is 53.5 Å². The summed E-state index contributed by atoms with van der Waals surface area (Å²) in [6, 6.07) is 20.9. The second-order valence-corrected chi connectivity index (χ2v) is 12.5. The maximum atomic E-state index is 13.1. The van der Waals surface area contributed by atoms with E-state index < -0.39 is 18.2 Å². The number of aliphatic hydroxyl groups is 2. The molecule has 4 N–H and O–H groups in total. The van der Waals surface area contributed by atoms with Crippen LogP contribution in [-0.2, 0) is 16.6 Å². The molecule has 0 aliphatic rings. The molecule has 2 amide bonds. The number of aromatic nitrogens is 4. The van der Waals surface area contributed by atoms with E-state index in [1.54, 1.807) is 42.7 Å². The van der Waals surface area contributed by atoms with E-state index in [-0.39, 0.29) is 36.6 Å². The van der Waals surface area contributed by atoms with E-state index in [9.17, 15) is 9.59 Å². The van der Waals surface area contributed by atoms with Gasteiger partial charge in [0.2, 0.25) is 11.7 Å². The molecule has 12 heteroatoms. The Balaban J connectivity index is 1.27. The number of nitrogens with one attached hydrogen (secondary N) is 2. The lowest BCUT2D eigenvalue weighted by Gasteiger charge is -2.21. The van der Waals surface area contributed by atoms with E-state index in [2.05, 4.69) is 51.5 Å². The van der Waals surface area contributed by atoms with Crippen molar-refractivity contribution in [3.8, 4) is 34.2 Å². The topological polar surface area (TPSA) is 163 Å². The molecule has 0 bridgehead atoms. The van der Waals surface area contributed by atoms with Crippen LogP contribution in [0.5, 0.6) is 0 Å². The van der Waals surface area contributed by atoms with Crippen LogP contribution in [0.15, 0.2) is 89.7 Å². The fourth-order valence-corrected chi connectivity index (χ4v) is 4.91. The van der Waals surface area contributed by atoms with Crippen molar-refractivity contribution in [3.05, 3.63) is 107 Å². The molecule has 2 aromatic heterocycles. The minimum Gasteiger partial charge on any atom is -0.368 e. The normalized spacial score (nSPS) is 12.1. The number of hydrogen-bond acceptors (Lipinski definition) is 9. The van der Waals surface area contributed by atoms with E-state index >= 15 is 0 Å². The van der Waals surface area contributed by atoms with Crippen molar-refractivity contribution < 1.29 is 24.3 Å². The van der Waals surface area contributed by atoms with Crippen LogP contribution in [0.3, 0.4) is 0 Å². The van der Waals surface area contributed by atoms with E-state index in [1.807, 2.05) is 42.5 Å². The maximum absolute atomic E-state index is 13.1. The Hall–Kier alpha value is -4.97. The summed E-state index contributed by atoms with van der Waals surface area (Å²) in [5.74, 6) is 0.312. The monoisotopic (exact) mass is 654 g/mol. The van der Waals surface area contributed by atoms with Gasteiger partial charge >= 0.3 is 0 Å². The van der Waals surface area contributed by atoms with Crippen molar-refractivity contribution >= 4 is 23.4 Å². The number of halogens is 1. The molecule has 1 atom stereocenters. The molecule has 5 rings (SSSR count). The molecule has 2 heterocycles. The molecule has 242 valence electrons. The zero-order valence-electron chi connectivity index (χ0n) is 26.1. The van der Waals surface area contributed by atoms with Crippen molar-refractivity contribution in [3.63, 3.8) is 0 Å². The van der Waals surface area contributed by atoms with Gasteiger partial charge in [-0.05, 0) is 40.8 Å². The Morgan fingerprint density at radius 3 is 2.23 bits per heavy atom.